The Labute approximate surface area is 198 Å². The zero-order valence-electron chi connectivity index (χ0n) is 18.4. The Morgan fingerprint density at radius 3 is 1.48 bits per heavy atom. The van der Waals surface area contributed by atoms with Crippen molar-refractivity contribution in [3.05, 3.63) is 126 Å². The lowest BCUT2D eigenvalue weighted by Gasteiger charge is -2.15. The molecule has 33 heavy (non-hydrogen) atoms. The first kappa shape index (κ1) is 19.8. The smallest absolute Gasteiger partial charge is 0.0613 e. The summed E-state index contributed by atoms with van der Waals surface area (Å²) in [7, 11) is 0. The SMILES string of the molecule is Cc1ccc(-c2ccc(-n3c(-c4ccccc4)c4ccccc4c3-c3ccccc3)cc2)s1. The molecular formula is C31H23NS. The van der Waals surface area contributed by atoms with Gasteiger partial charge in [0.15, 0.2) is 0 Å². The number of hydrogen-bond donors (Lipinski definition) is 0. The van der Waals surface area contributed by atoms with Gasteiger partial charge in [-0.3, -0.25) is 0 Å². The van der Waals surface area contributed by atoms with E-state index >= 15 is 0 Å². The summed E-state index contributed by atoms with van der Waals surface area (Å²) in [5, 5.41) is 2.53. The second-order valence-corrected chi connectivity index (χ2v) is 9.56. The number of hydrogen-bond acceptors (Lipinski definition) is 1. The Kier molecular flexibility index (Phi) is 4.93. The highest BCUT2D eigenvalue weighted by molar-refractivity contribution is 7.15. The second-order valence-electron chi connectivity index (χ2n) is 8.27. The lowest BCUT2D eigenvalue weighted by Crippen LogP contribution is -1.99. The number of aryl methyl sites for hydroxylation is 1. The molecule has 0 fully saturated rings. The third-order valence-electron chi connectivity index (χ3n) is 6.13. The maximum atomic E-state index is 2.43. The van der Waals surface area contributed by atoms with Gasteiger partial charge in [0, 0.05) is 26.2 Å². The largest absolute Gasteiger partial charge is 0.308 e. The molecule has 6 rings (SSSR count). The molecule has 1 nitrogen and oxygen atoms in total. The van der Waals surface area contributed by atoms with Crippen LogP contribution >= 0.6 is 11.3 Å². The Balaban J connectivity index is 1.65. The number of nitrogens with zero attached hydrogens (tertiary/aromatic N) is 1. The van der Waals surface area contributed by atoms with Crippen LogP contribution < -0.4 is 0 Å². The summed E-state index contributed by atoms with van der Waals surface area (Å²) in [6, 6.07) is 43.6. The molecule has 2 aromatic heterocycles. The van der Waals surface area contributed by atoms with Crippen molar-refractivity contribution < 1.29 is 0 Å². The van der Waals surface area contributed by atoms with E-state index in [-0.39, 0.29) is 0 Å². The minimum absolute atomic E-state index is 1.17. The standard InChI is InChI=1S/C31H23NS/c1-22-16-21-29(33-22)23-17-19-26(20-18-23)32-30(24-10-4-2-5-11-24)27-14-8-9-15-28(27)31(32)25-12-6-3-7-13-25/h2-21H,1H3. The summed E-state index contributed by atoms with van der Waals surface area (Å²) < 4.78 is 2.43. The molecule has 0 amide bonds. The molecule has 4 aromatic carbocycles. The molecular weight excluding hydrogens is 418 g/mol. The molecule has 6 aromatic rings. The van der Waals surface area contributed by atoms with Crippen LogP contribution in [0.5, 0.6) is 0 Å². The van der Waals surface area contributed by atoms with Crippen molar-refractivity contribution >= 4 is 22.1 Å². The van der Waals surface area contributed by atoms with Crippen molar-refractivity contribution in [2.75, 3.05) is 0 Å². The van der Waals surface area contributed by atoms with Crippen LogP contribution in [-0.2, 0) is 0 Å². The van der Waals surface area contributed by atoms with Gasteiger partial charge in [-0.15, -0.1) is 11.3 Å². The maximum Gasteiger partial charge on any atom is 0.0613 e. The number of aromatic nitrogens is 1. The Hall–Kier alpha value is -3.88. The lowest BCUT2D eigenvalue weighted by atomic mass is 10.0. The summed E-state index contributed by atoms with van der Waals surface area (Å²) in [4.78, 5) is 2.65. The van der Waals surface area contributed by atoms with Crippen molar-refractivity contribution in [1.82, 2.24) is 4.57 Å². The molecule has 0 spiro atoms. The van der Waals surface area contributed by atoms with Crippen molar-refractivity contribution in [3.8, 4) is 38.6 Å². The summed E-state index contributed by atoms with van der Waals surface area (Å²) in [6.07, 6.45) is 0. The highest BCUT2D eigenvalue weighted by Gasteiger charge is 2.20. The fraction of sp³-hybridized carbons (Fsp3) is 0.0323. The van der Waals surface area contributed by atoms with Crippen LogP contribution in [0.4, 0.5) is 0 Å². The van der Waals surface area contributed by atoms with Crippen LogP contribution in [0.1, 0.15) is 4.88 Å². The average Bonchev–Trinajstić information content (AvgIpc) is 3.47. The first-order valence-electron chi connectivity index (χ1n) is 11.2. The molecule has 0 aliphatic rings. The molecule has 0 saturated carbocycles. The Morgan fingerprint density at radius 1 is 0.485 bits per heavy atom. The third kappa shape index (κ3) is 3.49. The van der Waals surface area contributed by atoms with Crippen LogP contribution in [-0.4, -0.2) is 4.57 Å². The molecule has 0 radical (unpaired) electrons. The van der Waals surface area contributed by atoms with Crippen molar-refractivity contribution in [1.29, 1.82) is 0 Å². The first-order valence-corrected chi connectivity index (χ1v) is 12.0. The fourth-order valence-electron chi connectivity index (χ4n) is 4.63. The number of rotatable bonds is 4. The van der Waals surface area contributed by atoms with Gasteiger partial charge >= 0.3 is 0 Å². The quantitative estimate of drug-likeness (QED) is 0.257. The van der Waals surface area contributed by atoms with Gasteiger partial charge < -0.3 is 4.57 Å². The van der Waals surface area contributed by atoms with Gasteiger partial charge in [-0.05, 0) is 47.9 Å². The van der Waals surface area contributed by atoms with Crippen LogP contribution in [0.15, 0.2) is 121 Å². The fourth-order valence-corrected chi connectivity index (χ4v) is 5.51. The summed E-state index contributed by atoms with van der Waals surface area (Å²) in [5.41, 5.74) is 7.31. The predicted octanol–water partition coefficient (Wildman–Crippen LogP) is 9.00. The number of fused-ring (bicyclic) bond motifs is 1. The van der Waals surface area contributed by atoms with Crippen molar-refractivity contribution in [3.63, 3.8) is 0 Å². The van der Waals surface area contributed by atoms with Gasteiger partial charge in [-0.25, -0.2) is 0 Å². The van der Waals surface area contributed by atoms with E-state index in [4.69, 9.17) is 0 Å². The molecule has 2 heterocycles. The highest BCUT2D eigenvalue weighted by Crippen LogP contribution is 2.41. The molecule has 158 valence electrons. The maximum absolute atomic E-state index is 2.43. The van der Waals surface area contributed by atoms with E-state index in [0.29, 0.717) is 0 Å². The van der Waals surface area contributed by atoms with E-state index in [9.17, 15) is 0 Å². The molecule has 2 heteroatoms. The van der Waals surface area contributed by atoms with Gasteiger partial charge in [0.1, 0.15) is 0 Å². The van der Waals surface area contributed by atoms with Gasteiger partial charge in [0.2, 0.25) is 0 Å². The Morgan fingerprint density at radius 2 is 1.00 bits per heavy atom. The third-order valence-corrected chi connectivity index (χ3v) is 7.18. The van der Waals surface area contributed by atoms with Crippen LogP contribution in [0, 0.1) is 6.92 Å². The molecule has 0 unspecified atom stereocenters. The molecule has 0 aliphatic heterocycles. The zero-order chi connectivity index (χ0) is 22.2. The summed E-state index contributed by atoms with van der Waals surface area (Å²) >= 11 is 1.84. The average molecular weight is 442 g/mol. The topological polar surface area (TPSA) is 4.93 Å². The van der Waals surface area contributed by atoms with Crippen LogP contribution in [0.3, 0.4) is 0 Å². The van der Waals surface area contributed by atoms with Gasteiger partial charge in [0.05, 0.1) is 11.4 Å². The monoisotopic (exact) mass is 441 g/mol. The Bertz CT molecular complexity index is 1460. The molecule has 0 bridgehead atoms. The highest BCUT2D eigenvalue weighted by atomic mass is 32.1. The lowest BCUT2D eigenvalue weighted by molar-refractivity contribution is 1.10. The second kappa shape index (κ2) is 8.23. The molecule has 0 N–H and O–H groups in total. The molecule has 0 saturated heterocycles. The van der Waals surface area contributed by atoms with Gasteiger partial charge in [0.25, 0.3) is 0 Å². The number of thiophene rings is 1. The first-order chi connectivity index (χ1) is 16.3. The van der Waals surface area contributed by atoms with Crippen molar-refractivity contribution in [2.45, 2.75) is 6.92 Å². The normalized spacial score (nSPS) is 11.2. The van der Waals surface area contributed by atoms with E-state index in [1.165, 1.54) is 54.3 Å². The molecule has 0 atom stereocenters. The van der Waals surface area contributed by atoms with E-state index in [1.54, 1.807) is 0 Å². The van der Waals surface area contributed by atoms with Crippen LogP contribution in [0.25, 0.3) is 49.4 Å². The van der Waals surface area contributed by atoms with Gasteiger partial charge in [-0.2, -0.15) is 0 Å². The summed E-state index contributed by atoms with van der Waals surface area (Å²) in [5.74, 6) is 0. The number of benzene rings is 4. The van der Waals surface area contributed by atoms with E-state index in [0.717, 1.165) is 0 Å². The summed E-state index contributed by atoms with van der Waals surface area (Å²) in [6.45, 7) is 2.16. The van der Waals surface area contributed by atoms with Crippen molar-refractivity contribution in [2.24, 2.45) is 0 Å². The van der Waals surface area contributed by atoms with Gasteiger partial charge in [-0.1, -0.05) is 97.1 Å². The van der Waals surface area contributed by atoms with E-state index in [2.05, 4.69) is 133 Å². The van der Waals surface area contributed by atoms with Crippen LogP contribution in [0.2, 0.25) is 0 Å². The van der Waals surface area contributed by atoms with E-state index < -0.39 is 0 Å². The minimum Gasteiger partial charge on any atom is -0.308 e. The minimum atomic E-state index is 1.17. The molecule has 0 aliphatic carbocycles. The predicted molar refractivity (Wildman–Crippen MR) is 142 cm³/mol. The van der Waals surface area contributed by atoms with E-state index in [1.807, 2.05) is 11.3 Å². The zero-order valence-corrected chi connectivity index (χ0v) is 19.2.